The van der Waals surface area contributed by atoms with E-state index in [1.807, 2.05) is 13.0 Å². The lowest BCUT2D eigenvalue weighted by Crippen LogP contribution is -2.44. The second kappa shape index (κ2) is 8.74. The number of unbranched alkanes of at least 4 members (excludes halogenated alkanes) is 1. The number of rotatable bonds is 10. The van der Waals surface area contributed by atoms with Crippen LogP contribution in [0.15, 0.2) is 12.7 Å². The maximum absolute atomic E-state index is 10.0. The topological polar surface area (TPSA) is 38.7 Å². The second-order valence-electron chi connectivity index (χ2n) is 4.29. The summed E-state index contributed by atoms with van der Waals surface area (Å²) in [4.78, 5) is 0. The summed E-state index contributed by atoms with van der Waals surface area (Å²) >= 11 is 0. The molecule has 96 valence electrons. The van der Waals surface area contributed by atoms with Crippen molar-refractivity contribution in [2.75, 3.05) is 20.3 Å². The van der Waals surface area contributed by atoms with Crippen LogP contribution in [-0.4, -0.2) is 37.1 Å². The van der Waals surface area contributed by atoms with E-state index in [9.17, 15) is 5.11 Å². The van der Waals surface area contributed by atoms with Crippen molar-refractivity contribution in [2.45, 2.75) is 51.2 Å². The van der Waals surface area contributed by atoms with Crippen LogP contribution >= 0.6 is 0 Å². The second-order valence-corrected chi connectivity index (χ2v) is 4.29. The first-order valence-electron chi connectivity index (χ1n) is 6.02. The molecule has 16 heavy (non-hydrogen) atoms. The molecule has 0 aromatic carbocycles. The number of aliphatic hydroxyl groups is 1. The van der Waals surface area contributed by atoms with Gasteiger partial charge in [0.1, 0.15) is 6.10 Å². The van der Waals surface area contributed by atoms with E-state index in [1.165, 1.54) is 0 Å². The van der Waals surface area contributed by atoms with Gasteiger partial charge in [-0.15, -0.1) is 6.58 Å². The Morgan fingerprint density at radius 2 is 2.19 bits per heavy atom. The monoisotopic (exact) mass is 230 g/mol. The molecule has 0 saturated carbocycles. The van der Waals surface area contributed by atoms with Crippen molar-refractivity contribution >= 4 is 0 Å². The van der Waals surface area contributed by atoms with Crippen LogP contribution < -0.4 is 0 Å². The van der Waals surface area contributed by atoms with E-state index in [0.29, 0.717) is 13.2 Å². The average Bonchev–Trinajstić information content (AvgIpc) is 2.31. The lowest BCUT2D eigenvalue weighted by Gasteiger charge is -2.32. The van der Waals surface area contributed by atoms with Gasteiger partial charge >= 0.3 is 0 Å². The van der Waals surface area contributed by atoms with Gasteiger partial charge in [0.15, 0.2) is 0 Å². The van der Waals surface area contributed by atoms with E-state index in [-0.39, 0.29) is 0 Å². The third kappa shape index (κ3) is 5.64. The quantitative estimate of drug-likeness (QED) is 0.463. The van der Waals surface area contributed by atoms with Gasteiger partial charge < -0.3 is 14.6 Å². The highest BCUT2D eigenvalue weighted by molar-refractivity contribution is 4.86. The Hall–Kier alpha value is -0.380. The summed E-state index contributed by atoms with van der Waals surface area (Å²) in [6, 6.07) is 0. The van der Waals surface area contributed by atoms with Crippen LogP contribution in [0.5, 0.6) is 0 Å². The highest BCUT2D eigenvalue weighted by atomic mass is 16.5. The third-order valence-electron chi connectivity index (χ3n) is 2.93. The van der Waals surface area contributed by atoms with Gasteiger partial charge in [0.2, 0.25) is 0 Å². The van der Waals surface area contributed by atoms with Crippen LogP contribution in [0.2, 0.25) is 0 Å². The molecule has 0 amide bonds. The van der Waals surface area contributed by atoms with Crippen molar-refractivity contribution in [1.82, 2.24) is 0 Å². The highest BCUT2D eigenvalue weighted by Gasteiger charge is 2.32. The number of aliphatic hydroxyl groups excluding tert-OH is 1. The molecule has 0 aliphatic heterocycles. The molecule has 0 radical (unpaired) electrons. The number of ether oxygens (including phenoxy) is 2. The largest absolute Gasteiger partial charge is 0.388 e. The third-order valence-corrected chi connectivity index (χ3v) is 2.93. The van der Waals surface area contributed by atoms with Gasteiger partial charge in [-0.1, -0.05) is 19.4 Å². The number of hydrogen-bond acceptors (Lipinski definition) is 3. The highest BCUT2D eigenvalue weighted by Crippen LogP contribution is 2.22. The van der Waals surface area contributed by atoms with Gasteiger partial charge in [-0.05, 0) is 26.2 Å². The van der Waals surface area contributed by atoms with Crippen LogP contribution in [-0.2, 0) is 9.47 Å². The Kier molecular flexibility index (Phi) is 8.53. The van der Waals surface area contributed by atoms with Gasteiger partial charge in [0.05, 0.1) is 12.2 Å². The molecule has 3 nitrogen and oxygen atoms in total. The van der Waals surface area contributed by atoms with E-state index >= 15 is 0 Å². The lowest BCUT2D eigenvalue weighted by molar-refractivity contribution is -0.120. The van der Waals surface area contributed by atoms with Crippen LogP contribution in [0, 0.1) is 0 Å². The summed E-state index contributed by atoms with van der Waals surface area (Å²) in [7, 11) is 1.62. The van der Waals surface area contributed by atoms with E-state index in [0.717, 1.165) is 25.7 Å². The van der Waals surface area contributed by atoms with Crippen LogP contribution in [0.1, 0.15) is 39.5 Å². The maximum atomic E-state index is 10.0. The molecule has 0 rings (SSSR count). The fraction of sp³-hybridized carbons (Fsp3) is 0.846. The summed E-state index contributed by atoms with van der Waals surface area (Å²) < 4.78 is 10.8. The van der Waals surface area contributed by atoms with Crippen molar-refractivity contribution in [2.24, 2.45) is 0 Å². The first kappa shape index (κ1) is 15.6. The first-order valence-corrected chi connectivity index (χ1v) is 6.02. The van der Waals surface area contributed by atoms with Gasteiger partial charge in [-0.3, -0.25) is 0 Å². The normalized spacial score (nSPS) is 16.8. The fourth-order valence-electron chi connectivity index (χ4n) is 1.41. The van der Waals surface area contributed by atoms with Crippen molar-refractivity contribution in [3.05, 3.63) is 12.7 Å². The zero-order valence-corrected chi connectivity index (χ0v) is 10.9. The molecule has 1 N–H and O–H groups in total. The summed E-state index contributed by atoms with van der Waals surface area (Å²) in [6.07, 6.45) is 4.97. The standard InChI is InChI=1S/C13H26O3/c1-5-7-9-13(3,15-4)12(14)11-16-10-8-6-2/h5,12,14H,1,6-11H2,2-4H3/t12-,13-/m1/s1. The molecule has 3 heteroatoms. The summed E-state index contributed by atoms with van der Waals surface area (Å²) in [5.74, 6) is 0. The van der Waals surface area contributed by atoms with Crippen LogP contribution in [0.25, 0.3) is 0 Å². The Morgan fingerprint density at radius 3 is 2.69 bits per heavy atom. The summed E-state index contributed by atoms with van der Waals surface area (Å²) in [5.41, 5.74) is -0.541. The molecule has 0 saturated heterocycles. The number of methoxy groups -OCH3 is 1. The van der Waals surface area contributed by atoms with Gasteiger partial charge in [-0.2, -0.15) is 0 Å². The average molecular weight is 230 g/mol. The van der Waals surface area contributed by atoms with E-state index in [4.69, 9.17) is 9.47 Å². The van der Waals surface area contributed by atoms with Gasteiger partial charge in [0, 0.05) is 13.7 Å². The lowest BCUT2D eigenvalue weighted by atomic mass is 9.93. The molecule has 0 aliphatic carbocycles. The maximum Gasteiger partial charge on any atom is 0.106 e. The van der Waals surface area contributed by atoms with Crippen molar-refractivity contribution in [3.8, 4) is 0 Å². The molecular formula is C13H26O3. The molecule has 0 spiro atoms. The van der Waals surface area contributed by atoms with Crippen molar-refractivity contribution in [1.29, 1.82) is 0 Å². The minimum atomic E-state index is -0.589. The Labute approximate surface area is 99.5 Å². The van der Waals surface area contributed by atoms with E-state index in [2.05, 4.69) is 13.5 Å². The predicted molar refractivity (Wildman–Crippen MR) is 66.6 cm³/mol. The summed E-state index contributed by atoms with van der Waals surface area (Å²) in [6.45, 7) is 8.73. The predicted octanol–water partition coefficient (Wildman–Crippen LogP) is 2.54. The van der Waals surface area contributed by atoms with Gasteiger partial charge in [-0.25, -0.2) is 0 Å². The Morgan fingerprint density at radius 1 is 1.50 bits per heavy atom. The minimum absolute atomic E-state index is 0.335. The van der Waals surface area contributed by atoms with Crippen LogP contribution in [0.4, 0.5) is 0 Å². The first-order chi connectivity index (χ1) is 7.60. The Balaban J connectivity index is 3.97. The number of hydrogen-bond donors (Lipinski definition) is 1. The molecule has 0 aromatic rings. The Bertz CT molecular complexity index is 182. The molecule has 0 bridgehead atoms. The molecule has 0 aromatic heterocycles. The zero-order chi connectivity index (χ0) is 12.4. The molecule has 2 atom stereocenters. The van der Waals surface area contributed by atoms with Gasteiger partial charge in [0.25, 0.3) is 0 Å². The van der Waals surface area contributed by atoms with Crippen LogP contribution in [0.3, 0.4) is 0 Å². The minimum Gasteiger partial charge on any atom is -0.388 e. The zero-order valence-electron chi connectivity index (χ0n) is 10.9. The van der Waals surface area contributed by atoms with E-state index in [1.54, 1.807) is 7.11 Å². The molecule has 0 aliphatic rings. The van der Waals surface area contributed by atoms with E-state index < -0.39 is 11.7 Å². The smallest absolute Gasteiger partial charge is 0.106 e. The summed E-state index contributed by atoms with van der Waals surface area (Å²) in [5, 5.41) is 10.0. The molecule has 0 fully saturated rings. The molecule has 0 heterocycles. The fourth-order valence-corrected chi connectivity index (χ4v) is 1.41. The number of allylic oxidation sites excluding steroid dienone is 1. The molecule has 0 unspecified atom stereocenters. The molecular weight excluding hydrogens is 204 g/mol. The SMILES string of the molecule is C=CCC[C@@](C)(OC)[C@H](O)COCCCC. The van der Waals surface area contributed by atoms with Crippen molar-refractivity contribution in [3.63, 3.8) is 0 Å². The van der Waals surface area contributed by atoms with Crippen molar-refractivity contribution < 1.29 is 14.6 Å².